The number of carbonyl (C=O) groups excluding carboxylic acids is 1. The lowest BCUT2D eigenvalue weighted by atomic mass is 9.99. The molecule has 5 heteroatoms. The van der Waals surface area contributed by atoms with Gasteiger partial charge < -0.3 is 11.1 Å². The van der Waals surface area contributed by atoms with Crippen LogP contribution in [-0.2, 0) is 4.79 Å². The summed E-state index contributed by atoms with van der Waals surface area (Å²) in [5.74, 6) is -0.195. The Hall–Kier alpha value is -1.46. The molecule has 0 aliphatic carbocycles. The molecular formula is C15H22FN3O. The van der Waals surface area contributed by atoms with E-state index in [1.807, 2.05) is 6.07 Å². The van der Waals surface area contributed by atoms with Gasteiger partial charge in [-0.2, -0.15) is 0 Å². The van der Waals surface area contributed by atoms with E-state index in [1.54, 1.807) is 12.1 Å². The van der Waals surface area contributed by atoms with E-state index in [2.05, 4.69) is 10.2 Å². The third-order valence-corrected chi connectivity index (χ3v) is 3.87. The standard InChI is InChI=1S/C15H22FN3O/c1-11(20)18-12-6-8-19(9-7-12)15(10-17)13-4-2-3-5-14(13)16/h2-5,12,15H,6-10,17H2,1H3,(H,18,20). The van der Waals surface area contributed by atoms with E-state index in [-0.39, 0.29) is 23.8 Å². The highest BCUT2D eigenvalue weighted by molar-refractivity contribution is 5.73. The smallest absolute Gasteiger partial charge is 0.217 e. The first kappa shape index (κ1) is 14.9. The molecule has 0 aromatic heterocycles. The van der Waals surface area contributed by atoms with Crippen LogP contribution in [0, 0.1) is 5.82 Å². The molecule has 0 radical (unpaired) electrons. The fourth-order valence-electron chi connectivity index (χ4n) is 2.86. The lowest BCUT2D eigenvalue weighted by Crippen LogP contribution is -2.46. The number of halogens is 1. The summed E-state index contributed by atoms with van der Waals surface area (Å²) in [7, 11) is 0. The number of nitrogens with two attached hydrogens (primary N) is 1. The highest BCUT2D eigenvalue weighted by Crippen LogP contribution is 2.25. The van der Waals surface area contributed by atoms with Crippen LogP contribution in [0.3, 0.4) is 0 Å². The van der Waals surface area contributed by atoms with E-state index >= 15 is 0 Å². The summed E-state index contributed by atoms with van der Waals surface area (Å²) in [5.41, 5.74) is 6.50. The van der Waals surface area contributed by atoms with Crippen molar-refractivity contribution in [1.29, 1.82) is 0 Å². The van der Waals surface area contributed by atoms with Crippen molar-refractivity contribution in [3.05, 3.63) is 35.6 Å². The van der Waals surface area contributed by atoms with Crippen LogP contribution < -0.4 is 11.1 Å². The molecule has 20 heavy (non-hydrogen) atoms. The number of hydrogen-bond acceptors (Lipinski definition) is 3. The molecule has 1 unspecified atom stereocenters. The van der Waals surface area contributed by atoms with Crippen LogP contribution in [0.15, 0.2) is 24.3 Å². The largest absolute Gasteiger partial charge is 0.354 e. The Kier molecular flexibility index (Phi) is 5.09. The van der Waals surface area contributed by atoms with E-state index in [0.29, 0.717) is 12.1 Å². The zero-order valence-electron chi connectivity index (χ0n) is 11.8. The van der Waals surface area contributed by atoms with Crippen molar-refractivity contribution in [3.63, 3.8) is 0 Å². The van der Waals surface area contributed by atoms with Crippen LogP contribution >= 0.6 is 0 Å². The second-order valence-corrected chi connectivity index (χ2v) is 5.28. The van der Waals surface area contributed by atoms with E-state index in [9.17, 15) is 9.18 Å². The van der Waals surface area contributed by atoms with Gasteiger partial charge in [0.25, 0.3) is 0 Å². The maximum absolute atomic E-state index is 13.9. The van der Waals surface area contributed by atoms with Crippen LogP contribution in [0.4, 0.5) is 4.39 Å². The molecule has 3 N–H and O–H groups in total. The van der Waals surface area contributed by atoms with E-state index in [1.165, 1.54) is 13.0 Å². The summed E-state index contributed by atoms with van der Waals surface area (Å²) < 4.78 is 13.9. The van der Waals surface area contributed by atoms with Gasteiger partial charge in [0.1, 0.15) is 5.82 Å². The monoisotopic (exact) mass is 279 g/mol. The molecule has 1 fully saturated rings. The molecule has 0 saturated carbocycles. The van der Waals surface area contributed by atoms with Gasteiger partial charge >= 0.3 is 0 Å². The lowest BCUT2D eigenvalue weighted by molar-refractivity contribution is -0.120. The molecule has 4 nitrogen and oxygen atoms in total. The van der Waals surface area contributed by atoms with Gasteiger partial charge in [-0.15, -0.1) is 0 Å². The number of carbonyl (C=O) groups is 1. The molecule has 1 aromatic rings. The van der Waals surface area contributed by atoms with E-state index < -0.39 is 0 Å². The summed E-state index contributed by atoms with van der Waals surface area (Å²) in [4.78, 5) is 13.3. The van der Waals surface area contributed by atoms with Crippen molar-refractivity contribution >= 4 is 5.91 Å². The predicted molar refractivity (Wildman–Crippen MR) is 76.6 cm³/mol. The third kappa shape index (κ3) is 3.55. The second kappa shape index (κ2) is 6.81. The Bertz CT molecular complexity index is 458. The summed E-state index contributed by atoms with van der Waals surface area (Å²) in [6.07, 6.45) is 1.76. The molecule has 1 heterocycles. The van der Waals surface area contributed by atoms with Gasteiger partial charge in [-0.25, -0.2) is 4.39 Å². The van der Waals surface area contributed by atoms with Crippen molar-refractivity contribution in [1.82, 2.24) is 10.2 Å². The number of rotatable bonds is 4. The Morgan fingerprint density at radius 1 is 1.45 bits per heavy atom. The van der Waals surface area contributed by atoms with Gasteiger partial charge in [0.2, 0.25) is 5.91 Å². The molecule has 1 saturated heterocycles. The predicted octanol–water partition coefficient (Wildman–Crippen LogP) is 1.43. The van der Waals surface area contributed by atoms with Gasteiger partial charge in [0.15, 0.2) is 0 Å². The normalized spacial score (nSPS) is 18.8. The van der Waals surface area contributed by atoms with Crippen LogP contribution in [0.1, 0.15) is 31.4 Å². The molecule has 1 aliphatic rings. The molecule has 1 aliphatic heterocycles. The fourth-order valence-corrected chi connectivity index (χ4v) is 2.86. The Balaban J connectivity index is 2.01. The average Bonchev–Trinajstić information content (AvgIpc) is 2.43. The van der Waals surface area contributed by atoms with Crippen LogP contribution in [0.25, 0.3) is 0 Å². The minimum Gasteiger partial charge on any atom is -0.354 e. The van der Waals surface area contributed by atoms with Crippen molar-refractivity contribution < 1.29 is 9.18 Å². The van der Waals surface area contributed by atoms with Crippen molar-refractivity contribution in [2.45, 2.75) is 31.8 Å². The average molecular weight is 279 g/mol. The summed E-state index contributed by atoms with van der Waals surface area (Å²) in [6, 6.07) is 6.94. The van der Waals surface area contributed by atoms with Crippen molar-refractivity contribution in [2.24, 2.45) is 5.73 Å². The molecule has 1 amide bonds. The highest BCUT2D eigenvalue weighted by atomic mass is 19.1. The van der Waals surface area contributed by atoms with Crippen molar-refractivity contribution in [3.8, 4) is 0 Å². The van der Waals surface area contributed by atoms with Crippen molar-refractivity contribution in [2.75, 3.05) is 19.6 Å². The maximum Gasteiger partial charge on any atom is 0.217 e. The number of hydrogen-bond donors (Lipinski definition) is 2. The number of likely N-dealkylation sites (tertiary alicyclic amines) is 1. The number of nitrogens with one attached hydrogen (secondary N) is 1. The van der Waals surface area contributed by atoms with Gasteiger partial charge in [-0.3, -0.25) is 9.69 Å². The zero-order chi connectivity index (χ0) is 14.5. The topological polar surface area (TPSA) is 58.4 Å². The fraction of sp³-hybridized carbons (Fsp3) is 0.533. The Morgan fingerprint density at radius 3 is 2.65 bits per heavy atom. The molecule has 0 bridgehead atoms. The minimum atomic E-state index is -0.202. The Labute approximate surface area is 119 Å². The second-order valence-electron chi connectivity index (χ2n) is 5.28. The van der Waals surface area contributed by atoms with Crippen LogP contribution in [0.2, 0.25) is 0 Å². The minimum absolute atomic E-state index is 0.00734. The third-order valence-electron chi connectivity index (χ3n) is 3.87. The summed E-state index contributed by atoms with van der Waals surface area (Å²) in [6.45, 7) is 3.57. The number of nitrogens with zero attached hydrogens (tertiary/aromatic N) is 1. The number of amides is 1. The maximum atomic E-state index is 13.9. The Morgan fingerprint density at radius 2 is 2.10 bits per heavy atom. The summed E-state index contributed by atoms with van der Waals surface area (Å²) >= 11 is 0. The molecule has 110 valence electrons. The summed E-state index contributed by atoms with van der Waals surface area (Å²) in [5, 5.41) is 2.94. The lowest BCUT2D eigenvalue weighted by Gasteiger charge is -2.37. The molecule has 1 aromatic carbocycles. The first-order valence-electron chi connectivity index (χ1n) is 7.07. The van der Waals surface area contributed by atoms with E-state index in [0.717, 1.165) is 25.9 Å². The van der Waals surface area contributed by atoms with Crippen LogP contribution in [-0.4, -0.2) is 36.5 Å². The first-order valence-corrected chi connectivity index (χ1v) is 7.07. The first-order chi connectivity index (χ1) is 9.61. The van der Waals surface area contributed by atoms with Gasteiger partial charge in [-0.1, -0.05) is 18.2 Å². The van der Waals surface area contributed by atoms with Crippen LogP contribution in [0.5, 0.6) is 0 Å². The molecular weight excluding hydrogens is 257 g/mol. The van der Waals surface area contributed by atoms with E-state index in [4.69, 9.17) is 5.73 Å². The quantitative estimate of drug-likeness (QED) is 0.876. The number of benzene rings is 1. The van der Waals surface area contributed by atoms with Gasteiger partial charge in [0, 0.05) is 44.2 Å². The van der Waals surface area contributed by atoms with Gasteiger partial charge in [-0.05, 0) is 18.9 Å². The molecule has 2 rings (SSSR count). The highest BCUT2D eigenvalue weighted by Gasteiger charge is 2.26. The SMILES string of the molecule is CC(=O)NC1CCN(C(CN)c2ccccc2F)CC1. The zero-order valence-corrected chi connectivity index (χ0v) is 11.8. The number of piperidine rings is 1. The molecule has 1 atom stereocenters. The van der Waals surface area contributed by atoms with Gasteiger partial charge in [0.05, 0.1) is 0 Å². The molecule has 0 spiro atoms.